The molecule has 6 nitrogen and oxygen atoms in total. The molecule has 168 valence electrons. The van der Waals surface area contributed by atoms with Crippen molar-refractivity contribution in [2.75, 3.05) is 11.9 Å². The molecule has 32 heavy (non-hydrogen) atoms. The Morgan fingerprint density at radius 3 is 2.62 bits per heavy atom. The topological polar surface area (TPSA) is 73.9 Å². The van der Waals surface area contributed by atoms with Crippen LogP contribution in [0.1, 0.15) is 44.6 Å². The van der Waals surface area contributed by atoms with E-state index in [-0.39, 0.29) is 48.1 Å². The van der Waals surface area contributed by atoms with Crippen LogP contribution in [0, 0.1) is 5.92 Å². The van der Waals surface area contributed by atoms with Crippen molar-refractivity contribution in [3.63, 3.8) is 0 Å². The third-order valence-corrected chi connectivity index (χ3v) is 5.94. The van der Waals surface area contributed by atoms with Gasteiger partial charge in [0.25, 0.3) is 0 Å². The lowest BCUT2D eigenvalue weighted by Crippen LogP contribution is -2.43. The Bertz CT molecular complexity index is 985. The van der Waals surface area contributed by atoms with Crippen LogP contribution in [0.4, 0.5) is 5.69 Å². The molecule has 2 aromatic carbocycles. The molecule has 1 aliphatic heterocycles. The Morgan fingerprint density at radius 2 is 1.84 bits per heavy atom. The number of allylic oxidation sites excluding steroid dienone is 1. The Labute approximate surface area is 188 Å². The number of ketones is 1. The molecule has 2 aliphatic rings. The number of hydrogen-bond acceptors (Lipinski definition) is 5. The van der Waals surface area contributed by atoms with Crippen molar-refractivity contribution in [1.82, 2.24) is 0 Å². The number of ether oxygens (including phenoxy) is 3. The maximum absolute atomic E-state index is 13.0. The number of rotatable bonds is 7. The number of para-hydroxylation sites is 2. The average Bonchev–Trinajstić information content (AvgIpc) is 2.80. The summed E-state index contributed by atoms with van der Waals surface area (Å²) < 4.78 is 17.7. The Kier molecular flexibility index (Phi) is 6.90. The molecule has 1 heterocycles. The van der Waals surface area contributed by atoms with Gasteiger partial charge in [-0.1, -0.05) is 50.2 Å². The Balaban J connectivity index is 1.32. The number of fused-ring (bicyclic) bond motifs is 1. The van der Waals surface area contributed by atoms with E-state index in [4.69, 9.17) is 14.2 Å². The maximum atomic E-state index is 13.0. The van der Waals surface area contributed by atoms with Gasteiger partial charge in [0.2, 0.25) is 17.4 Å². The van der Waals surface area contributed by atoms with Gasteiger partial charge in [-0.05, 0) is 42.5 Å². The van der Waals surface area contributed by atoms with Gasteiger partial charge in [-0.25, -0.2) is 0 Å². The van der Waals surface area contributed by atoms with E-state index < -0.39 is 0 Å². The average molecular weight is 436 g/mol. The zero-order valence-corrected chi connectivity index (χ0v) is 18.5. The number of hydrogen-bond donors (Lipinski definition) is 1. The molecule has 2 aromatic rings. The molecule has 1 amide bonds. The van der Waals surface area contributed by atoms with Crippen LogP contribution >= 0.6 is 0 Å². The van der Waals surface area contributed by atoms with Crippen LogP contribution in [0.3, 0.4) is 0 Å². The first kappa shape index (κ1) is 22.1. The molecule has 3 atom stereocenters. The minimum absolute atomic E-state index is 0.0267. The summed E-state index contributed by atoms with van der Waals surface area (Å²) in [5.74, 6) is 0.745. The minimum Gasteiger partial charge on any atom is -0.493 e. The van der Waals surface area contributed by atoms with Gasteiger partial charge in [0.05, 0.1) is 12.0 Å². The summed E-state index contributed by atoms with van der Waals surface area (Å²) >= 11 is 0. The fourth-order valence-corrected chi connectivity index (χ4v) is 4.24. The number of benzene rings is 2. The number of carbonyl (C=O) groups is 2. The van der Waals surface area contributed by atoms with Crippen molar-refractivity contribution < 1.29 is 23.8 Å². The van der Waals surface area contributed by atoms with E-state index in [1.807, 2.05) is 54.6 Å². The van der Waals surface area contributed by atoms with Crippen molar-refractivity contribution in [2.24, 2.45) is 5.92 Å². The van der Waals surface area contributed by atoms with Crippen LogP contribution in [0.2, 0.25) is 0 Å². The third-order valence-electron chi connectivity index (χ3n) is 5.94. The molecular formula is C26H29NO5. The Hall–Kier alpha value is -3.12. The number of nitrogens with one attached hydrogen (secondary N) is 1. The monoisotopic (exact) mass is 435 g/mol. The predicted octanol–water partition coefficient (Wildman–Crippen LogP) is 4.82. The molecule has 1 fully saturated rings. The first-order chi connectivity index (χ1) is 15.5. The largest absolute Gasteiger partial charge is 0.493 e. The molecule has 0 bridgehead atoms. The van der Waals surface area contributed by atoms with E-state index in [9.17, 15) is 9.59 Å². The van der Waals surface area contributed by atoms with Gasteiger partial charge in [0.1, 0.15) is 24.7 Å². The van der Waals surface area contributed by atoms with Gasteiger partial charge in [0.15, 0.2) is 0 Å². The third kappa shape index (κ3) is 5.19. The molecule has 1 N–H and O–H groups in total. The Morgan fingerprint density at radius 1 is 1.09 bits per heavy atom. The first-order valence-corrected chi connectivity index (χ1v) is 11.1. The fraction of sp³-hybridized carbons (Fsp3) is 0.385. The van der Waals surface area contributed by atoms with Gasteiger partial charge in [-0.3, -0.25) is 9.59 Å². The second-order valence-corrected chi connectivity index (χ2v) is 8.58. The summed E-state index contributed by atoms with van der Waals surface area (Å²) in [5.41, 5.74) is 1.79. The lowest BCUT2D eigenvalue weighted by atomic mass is 9.80. The predicted molar refractivity (Wildman–Crippen MR) is 121 cm³/mol. The highest BCUT2D eigenvalue weighted by atomic mass is 16.5. The van der Waals surface area contributed by atoms with Crippen LogP contribution in [0.5, 0.6) is 5.75 Å². The molecule has 3 unspecified atom stereocenters. The molecular weight excluding hydrogens is 406 g/mol. The van der Waals surface area contributed by atoms with Gasteiger partial charge in [0, 0.05) is 12.1 Å². The van der Waals surface area contributed by atoms with Crippen LogP contribution in [-0.2, 0) is 19.1 Å². The van der Waals surface area contributed by atoms with Crippen molar-refractivity contribution >= 4 is 17.4 Å². The molecule has 0 spiro atoms. The molecule has 6 heteroatoms. The lowest BCUT2D eigenvalue weighted by Gasteiger charge is -2.37. The molecule has 0 saturated heterocycles. The van der Waals surface area contributed by atoms with Crippen LogP contribution < -0.4 is 10.1 Å². The normalized spacial score (nSPS) is 22.5. The summed E-state index contributed by atoms with van der Waals surface area (Å²) in [5, 5.41) is 2.81. The molecule has 0 radical (unpaired) electrons. The molecule has 0 aromatic heterocycles. The summed E-state index contributed by atoms with van der Waals surface area (Å²) in [6.07, 6.45) is 2.97. The van der Waals surface area contributed by atoms with Crippen LogP contribution in [0.15, 0.2) is 66.6 Å². The molecule has 1 aliphatic carbocycles. The van der Waals surface area contributed by atoms with Crippen LogP contribution in [0.25, 0.3) is 0 Å². The summed E-state index contributed by atoms with van der Waals surface area (Å²) in [7, 11) is 0. The van der Waals surface area contributed by atoms with Crippen molar-refractivity contribution in [3.8, 4) is 5.75 Å². The molecule has 4 rings (SSSR count). The van der Waals surface area contributed by atoms with E-state index in [1.165, 1.54) is 6.26 Å². The number of anilines is 1. The van der Waals surface area contributed by atoms with Crippen molar-refractivity contribution in [2.45, 2.75) is 51.2 Å². The SMILES string of the molecule is CC(C)c1ccccc1OC1=COC2CC(OCC(=O)Nc3ccccc3)CCC2C1=O. The van der Waals surface area contributed by atoms with E-state index in [0.717, 1.165) is 11.3 Å². The highest BCUT2D eigenvalue weighted by molar-refractivity contribution is 5.96. The summed E-state index contributed by atoms with van der Waals surface area (Å²) in [4.78, 5) is 25.2. The van der Waals surface area contributed by atoms with E-state index >= 15 is 0 Å². The second-order valence-electron chi connectivity index (χ2n) is 8.58. The van der Waals surface area contributed by atoms with Gasteiger partial charge >= 0.3 is 0 Å². The zero-order valence-electron chi connectivity index (χ0n) is 18.5. The standard InChI is InChI=1S/C26H29NO5/c1-17(2)20-10-6-7-11-22(20)32-24-15-31-23-14-19(12-13-21(23)26(24)29)30-16-25(28)27-18-8-4-3-5-9-18/h3-11,15,17,19,21,23H,12-14,16H2,1-2H3,(H,27,28). The lowest BCUT2D eigenvalue weighted by molar-refractivity contribution is -0.136. The fourth-order valence-electron chi connectivity index (χ4n) is 4.24. The van der Waals surface area contributed by atoms with Crippen LogP contribution in [-0.4, -0.2) is 30.5 Å². The highest BCUT2D eigenvalue weighted by Crippen LogP contribution is 2.36. The quantitative estimate of drug-likeness (QED) is 0.675. The van der Waals surface area contributed by atoms with Gasteiger partial charge in [-0.15, -0.1) is 0 Å². The van der Waals surface area contributed by atoms with Crippen molar-refractivity contribution in [1.29, 1.82) is 0 Å². The summed E-state index contributed by atoms with van der Waals surface area (Å²) in [6, 6.07) is 17.0. The zero-order chi connectivity index (χ0) is 22.5. The second kappa shape index (κ2) is 10.0. The smallest absolute Gasteiger partial charge is 0.250 e. The van der Waals surface area contributed by atoms with E-state index in [0.29, 0.717) is 25.0 Å². The number of carbonyl (C=O) groups excluding carboxylic acids is 2. The number of amides is 1. The molecule has 1 saturated carbocycles. The van der Waals surface area contributed by atoms with Gasteiger partial charge in [-0.2, -0.15) is 0 Å². The van der Waals surface area contributed by atoms with Gasteiger partial charge < -0.3 is 19.5 Å². The minimum atomic E-state index is -0.258. The number of Topliss-reactive ketones (excluding diaryl/α,β-unsaturated/α-hetero) is 1. The van der Waals surface area contributed by atoms with Crippen molar-refractivity contribution in [3.05, 3.63) is 72.2 Å². The summed E-state index contributed by atoms with van der Waals surface area (Å²) in [6.45, 7) is 4.15. The van der Waals surface area contributed by atoms with E-state index in [2.05, 4.69) is 19.2 Å². The highest BCUT2D eigenvalue weighted by Gasteiger charge is 2.41. The maximum Gasteiger partial charge on any atom is 0.250 e. The first-order valence-electron chi connectivity index (χ1n) is 11.1. The van der Waals surface area contributed by atoms with E-state index in [1.54, 1.807) is 0 Å².